The molecular formula is C22H23ClN4O2. The Labute approximate surface area is 175 Å². The van der Waals surface area contributed by atoms with Gasteiger partial charge in [-0.2, -0.15) is 5.10 Å². The molecule has 2 aromatic carbocycles. The zero-order valence-corrected chi connectivity index (χ0v) is 17.4. The standard InChI is InChI=1S/C22H23ClN4O2/c1-15-20(21(23)27(25-15)14-17-7-5-4-6-8-17)22(29)24-18-11-9-16(10-12-18)13-19(28)26(2)3/h4-12H,13-14H2,1-3H3,(H,24,29). The van der Waals surface area contributed by atoms with Gasteiger partial charge in [-0.25, -0.2) is 4.68 Å². The monoisotopic (exact) mass is 410 g/mol. The van der Waals surface area contributed by atoms with Gasteiger partial charge in [-0.15, -0.1) is 0 Å². The molecule has 3 rings (SSSR count). The zero-order chi connectivity index (χ0) is 21.0. The summed E-state index contributed by atoms with van der Waals surface area (Å²) in [7, 11) is 3.45. The molecule has 2 amide bonds. The number of halogens is 1. The van der Waals surface area contributed by atoms with Crippen molar-refractivity contribution in [3.8, 4) is 0 Å². The lowest BCUT2D eigenvalue weighted by Crippen LogP contribution is -2.23. The lowest BCUT2D eigenvalue weighted by molar-refractivity contribution is -0.127. The minimum absolute atomic E-state index is 0.0232. The van der Waals surface area contributed by atoms with E-state index < -0.39 is 0 Å². The second-order valence-electron chi connectivity index (χ2n) is 7.01. The van der Waals surface area contributed by atoms with Crippen molar-refractivity contribution in [1.29, 1.82) is 0 Å². The van der Waals surface area contributed by atoms with Crippen LogP contribution in [0, 0.1) is 6.92 Å². The van der Waals surface area contributed by atoms with E-state index in [0.29, 0.717) is 35.1 Å². The van der Waals surface area contributed by atoms with Gasteiger partial charge in [0.25, 0.3) is 5.91 Å². The number of nitrogens with one attached hydrogen (secondary N) is 1. The summed E-state index contributed by atoms with van der Waals surface area (Å²) in [6.45, 7) is 2.25. The van der Waals surface area contributed by atoms with Gasteiger partial charge in [-0.3, -0.25) is 9.59 Å². The summed E-state index contributed by atoms with van der Waals surface area (Å²) >= 11 is 6.45. The van der Waals surface area contributed by atoms with Gasteiger partial charge in [0.2, 0.25) is 5.91 Å². The van der Waals surface area contributed by atoms with Crippen LogP contribution in [0.2, 0.25) is 5.15 Å². The highest BCUT2D eigenvalue weighted by Gasteiger charge is 2.20. The fraction of sp³-hybridized carbons (Fsp3) is 0.227. The van der Waals surface area contributed by atoms with Crippen LogP contribution >= 0.6 is 11.6 Å². The number of rotatable bonds is 6. The van der Waals surface area contributed by atoms with E-state index in [1.165, 1.54) is 0 Å². The minimum Gasteiger partial charge on any atom is -0.349 e. The molecule has 150 valence electrons. The number of carbonyl (C=O) groups is 2. The lowest BCUT2D eigenvalue weighted by atomic mass is 10.1. The van der Waals surface area contributed by atoms with Crippen molar-refractivity contribution in [2.24, 2.45) is 0 Å². The van der Waals surface area contributed by atoms with Crippen LogP contribution in [0.4, 0.5) is 5.69 Å². The summed E-state index contributed by atoms with van der Waals surface area (Å²) < 4.78 is 1.62. The van der Waals surface area contributed by atoms with Crippen molar-refractivity contribution in [3.05, 3.63) is 82.1 Å². The van der Waals surface area contributed by atoms with Crippen LogP contribution < -0.4 is 5.32 Å². The fourth-order valence-electron chi connectivity index (χ4n) is 2.90. The Bertz CT molecular complexity index is 1010. The molecule has 0 saturated carbocycles. The quantitative estimate of drug-likeness (QED) is 0.672. The first-order valence-electron chi connectivity index (χ1n) is 9.22. The number of nitrogens with zero attached hydrogens (tertiary/aromatic N) is 3. The third-order valence-corrected chi connectivity index (χ3v) is 4.92. The molecule has 1 aromatic heterocycles. The molecule has 0 aliphatic rings. The van der Waals surface area contributed by atoms with Crippen LogP contribution in [-0.2, 0) is 17.8 Å². The third kappa shape index (κ3) is 5.03. The van der Waals surface area contributed by atoms with Crippen LogP contribution in [0.25, 0.3) is 0 Å². The van der Waals surface area contributed by atoms with Crippen LogP contribution in [0.5, 0.6) is 0 Å². The maximum absolute atomic E-state index is 12.8. The summed E-state index contributed by atoms with van der Waals surface area (Å²) in [5.41, 5.74) is 3.48. The molecule has 0 fully saturated rings. The second-order valence-corrected chi connectivity index (χ2v) is 7.37. The van der Waals surface area contributed by atoms with Crippen LogP contribution in [0.3, 0.4) is 0 Å². The smallest absolute Gasteiger partial charge is 0.260 e. The summed E-state index contributed by atoms with van der Waals surface area (Å²) in [4.78, 5) is 26.1. The number of anilines is 1. The van der Waals surface area contributed by atoms with Crippen molar-refractivity contribution in [1.82, 2.24) is 14.7 Å². The number of aryl methyl sites for hydroxylation is 1. The van der Waals surface area contributed by atoms with Gasteiger partial charge in [0.05, 0.1) is 24.2 Å². The average molecular weight is 411 g/mol. The highest BCUT2D eigenvalue weighted by atomic mass is 35.5. The van der Waals surface area contributed by atoms with Crippen molar-refractivity contribution >= 4 is 29.1 Å². The number of carbonyl (C=O) groups excluding carboxylic acids is 2. The Balaban J connectivity index is 1.71. The SMILES string of the molecule is Cc1nn(Cc2ccccc2)c(Cl)c1C(=O)Nc1ccc(CC(=O)N(C)C)cc1. The summed E-state index contributed by atoms with van der Waals surface area (Å²) in [5.74, 6) is -0.293. The van der Waals surface area contributed by atoms with Crippen molar-refractivity contribution in [3.63, 3.8) is 0 Å². The van der Waals surface area contributed by atoms with Gasteiger partial charge < -0.3 is 10.2 Å². The molecule has 0 unspecified atom stereocenters. The van der Waals surface area contributed by atoms with Crippen molar-refractivity contribution < 1.29 is 9.59 Å². The maximum atomic E-state index is 12.8. The molecule has 0 atom stereocenters. The van der Waals surface area contributed by atoms with Crippen LogP contribution in [-0.4, -0.2) is 40.6 Å². The normalized spacial score (nSPS) is 10.6. The Hall–Kier alpha value is -3.12. The first kappa shape index (κ1) is 20.6. The van der Waals surface area contributed by atoms with Gasteiger partial charge in [0, 0.05) is 19.8 Å². The predicted molar refractivity (Wildman–Crippen MR) is 114 cm³/mol. The second kappa shape index (κ2) is 8.92. The summed E-state index contributed by atoms with van der Waals surface area (Å²) in [6.07, 6.45) is 0.318. The van der Waals surface area contributed by atoms with E-state index in [4.69, 9.17) is 11.6 Å². The first-order valence-corrected chi connectivity index (χ1v) is 9.60. The Kier molecular flexibility index (Phi) is 6.34. The average Bonchev–Trinajstić information content (AvgIpc) is 2.97. The molecule has 7 heteroatoms. The van der Waals surface area contributed by atoms with Crippen LogP contribution in [0.15, 0.2) is 54.6 Å². The van der Waals surface area contributed by atoms with Crippen molar-refractivity contribution in [2.75, 3.05) is 19.4 Å². The van der Waals surface area contributed by atoms with E-state index in [1.807, 2.05) is 42.5 Å². The minimum atomic E-state index is -0.316. The molecule has 0 radical (unpaired) electrons. The number of likely N-dealkylation sites (N-methyl/N-ethyl adjacent to an activating group) is 1. The maximum Gasteiger partial charge on any atom is 0.260 e. The van der Waals surface area contributed by atoms with Gasteiger partial charge in [0.1, 0.15) is 5.15 Å². The predicted octanol–water partition coefficient (Wildman–Crippen LogP) is 3.78. The molecule has 6 nitrogen and oxygen atoms in total. The fourth-order valence-corrected chi connectivity index (χ4v) is 3.22. The van der Waals surface area contributed by atoms with Gasteiger partial charge in [0.15, 0.2) is 0 Å². The number of hydrogen-bond acceptors (Lipinski definition) is 3. The molecular weight excluding hydrogens is 388 g/mol. The summed E-state index contributed by atoms with van der Waals surface area (Å²) in [5, 5.41) is 7.56. The van der Waals surface area contributed by atoms with Crippen LogP contribution in [0.1, 0.15) is 27.2 Å². The van der Waals surface area contributed by atoms with E-state index in [9.17, 15) is 9.59 Å². The van der Waals surface area contributed by atoms with E-state index in [0.717, 1.165) is 11.1 Å². The van der Waals surface area contributed by atoms with Gasteiger partial charge in [-0.1, -0.05) is 54.1 Å². The molecule has 1 heterocycles. The topological polar surface area (TPSA) is 67.2 Å². The van der Waals surface area contributed by atoms with E-state index in [1.54, 1.807) is 42.7 Å². The number of amides is 2. The molecule has 1 N–H and O–H groups in total. The van der Waals surface area contributed by atoms with E-state index in [-0.39, 0.29) is 11.8 Å². The highest BCUT2D eigenvalue weighted by molar-refractivity contribution is 6.33. The van der Waals surface area contributed by atoms with Gasteiger partial charge in [-0.05, 0) is 30.2 Å². The molecule has 0 aliphatic carbocycles. The van der Waals surface area contributed by atoms with E-state index >= 15 is 0 Å². The highest BCUT2D eigenvalue weighted by Crippen LogP contribution is 2.22. The molecule has 3 aromatic rings. The number of hydrogen-bond donors (Lipinski definition) is 1. The lowest BCUT2D eigenvalue weighted by Gasteiger charge is -2.10. The van der Waals surface area contributed by atoms with Crippen molar-refractivity contribution in [2.45, 2.75) is 19.9 Å². The third-order valence-electron chi connectivity index (χ3n) is 4.53. The number of aromatic nitrogens is 2. The molecule has 0 aliphatic heterocycles. The molecule has 0 spiro atoms. The Morgan fingerprint density at radius 2 is 1.69 bits per heavy atom. The van der Waals surface area contributed by atoms with Gasteiger partial charge >= 0.3 is 0 Å². The summed E-state index contributed by atoms with van der Waals surface area (Å²) in [6, 6.07) is 17.0. The molecule has 29 heavy (non-hydrogen) atoms. The zero-order valence-electron chi connectivity index (χ0n) is 16.6. The largest absolute Gasteiger partial charge is 0.349 e. The van der Waals surface area contributed by atoms with E-state index in [2.05, 4.69) is 10.4 Å². The first-order chi connectivity index (χ1) is 13.8. The Morgan fingerprint density at radius 3 is 2.31 bits per heavy atom. The Morgan fingerprint density at radius 1 is 1.03 bits per heavy atom. The number of benzene rings is 2. The molecule has 0 saturated heterocycles. The molecule has 0 bridgehead atoms.